The number of hydrogen-bond acceptors (Lipinski definition) is 1. The topological polar surface area (TPSA) is 0 Å². The molecule has 2 atom stereocenters. The highest BCUT2D eigenvalue weighted by molar-refractivity contribution is 8.64. The Hall–Kier alpha value is 1.00. The van der Waals surface area contributed by atoms with Crippen molar-refractivity contribution in [3.63, 3.8) is 0 Å². The maximum atomic E-state index is 6.17. The second-order valence-corrected chi connectivity index (χ2v) is 15.0. The number of hydrogen-bond donors (Lipinski definition) is 1. The predicted octanol–water partition coefficient (Wildman–Crippen LogP) is 6.74. The van der Waals surface area contributed by atoms with E-state index in [9.17, 15) is 0 Å². The summed E-state index contributed by atoms with van der Waals surface area (Å²) in [7, 11) is 0. The van der Waals surface area contributed by atoms with Gasteiger partial charge < -0.3 is 0 Å². The quantitative estimate of drug-likeness (QED) is 0.381. The third kappa shape index (κ3) is 4.01. The molecule has 0 heterocycles. The molecular weight excluding hydrogens is 287 g/mol. The number of thiol groups is 1. The van der Waals surface area contributed by atoms with Crippen LogP contribution in [0.1, 0.15) is 81.1 Å². The first-order chi connectivity index (χ1) is 8.46. The van der Waals surface area contributed by atoms with Crippen LogP contribution >= 0.6 is 17.5 Å². The van der Waals surface area contributed by atoms with E-state index in [-0.39, 0.29) is 10.3 Å². The van der Waals surface area contributed by atoms with Crippen molar-refractivity contribution in [3.8, 4) is 0 Å². The lowest BCUT2D eigenvalue weighted by molar-refractivity contribution is 0.384. The Morgan fingerprint density at radius 3 is 1.37 bits per heavy atom. The standard InChI is InChI=1S/C16H35PS2/c1-9-11-13(3)15(5,6)17(18,19)16(7,8)14(4)12-10-2/h13-14H,9-12H2,1-8H3,(H,18,19). The van der Waals surface area contributed by atoms with Crippen LogP contribution in [0.2, 0.25) is 0 Å². The lowest BCUT2D eigenvalue weighted by Crippen LogP contribution is -2.39. The zero-order chi connectivity index (χ0) is 15.5. The van der Waals surface area contributed by atoms with Gasteiger partial charge >= 0.3 is 0 Å². The van der Waals surface area contributed by atoms with Crippen LogP contribution in [0.25, 0.3) is 0 Å². The van der Waals surface area contributed by atoms with E-state index in [0.717, 1.165) is 0 Å². The summed E-state index contributed by atoms with van der Waals surface area (Å²) < 4.78 is 0. The van der Waals surface area contributed by atoms with E-state index < -0.39 is 5.24 Å². The fourth-order valence-corrected chi connectivity index (χ4v) is 8.11. The molecule has 0 radical (unpaired) electrons. The first-order valence-corrected chi connectivity index (χ1v) is 11.7. The smallest absolute Gasteiger partial charge is 0.0146 e. The minimum absolute atomic E-state index is 0.160. The van der Waals surface area contributed by atoms with Crippen molar-refractivity contribution in [3.05, 3.63) is 0 Å². The van der Waals surface area contributed by atoms with Crippen LogP contribution in [0.4, 0.5) is 0 Å². The van der Waals surface area contributed by atoms with Crippen LogP contribution in [0.15, 0.2) is 0 Å². The molecule has 0 aromatic heterocycles. The molecule has 0 nitrogen and oxygen atoms in total. The summed E-state index contributed by atoms with van der Waals surface area (Å²) in [5, 5.41) is -1.42. The third-order valence-electron chi connectivity index (χ3n) is 5.42. The van der Waals surface area contributed by atoms with Crippen molar-refractivity contribution in [1.29, 1.82) is 0 Å². The molecule has 0 saturated heterocycles. The van der Waals surface area contributed by atoms with Crippen LogP contribution in [0.3, 0.4) is 0 Å². The van der Waals surface area contributed by atoms with E-state index in [1.54, 1.807) is 0 Å². The van der Waals surface area contributed by atoms with Gasteiger partial charge in [0, 0.05) is 15.6 Å². The molecule has 0 aliphatic carbocycles. The summed E-state index contributed by atoms with van der Waals surface area (Å²) in [6, 6.07) is 0. The minimum Gasteiger partial charge on any atom is -0.140 e. The summed E-state index contributed by atoms with van der Waals surface area (Å²) in [5.41, 5.74) is 0. The van der Waals surface area contributed by atoms with E-state index in [0.29, 0.717) is 11.8 Å². The largest absolute Gasteiger partial charge is 0.140 e. The van der Waals surface area contributed by atoms with Gasteiger partial charge in [0.2, 0.25) is 0 Å². The van der Waals surface area contributed by atoms with E-state index in [1.165, 1.54) is 25.7 Å². The van der Waals surface area contributed by atoms with Gasteiger partial charge in [-0.25, -0.2) is 0 Å². The maximum absolute atomic E-state index is 6.17. The molecule has 0 amide bonds. The van der Waals surface area contributed by atoms with Crippen LogP contribution in [-0.4, -0.2) is 10.3 Å². The summed E-state index contributed by atoms with van der Waals surface area (Å²) >= 11 is 11.3. The molecule has 0 aliphatic heterocycles. The van der Waals surface area contributed by atoms with Gasteiger partial charge in [0.25, 0.3) is 0 Å². The Labute approximate surface area is 132 Å². The molecule has 0 rings (SSSR count). The molecule has 0 bridgehead atoms. The fourth-order valence-electron chi connectivity index (χ4n) is 2.91. The van der Waals surface area contributed by atoms with Gasteiger partial charge in [0.05, 0.1) is 0 Å². The molecular formula is C16H35PS2. The second-order valence-electron chi connectivity index (χ2n) is 7.26. The van der Waals surface area contributed by atoms with Crippen LogP contribution in [-0.2, 0) is 11.8 Å². The Kier molecular flexibility index (Phi) is 7.71. The minimum atomic E-state index is -1.74. The highest BCUT2D eigenvalue weighted by Crippen LogP contribution is 2.75. The van der Waals surface area contributed by atoms with Gasteiger partial charge in [-0.05, 0) is 11.8 Å². The van der Waals surface area contributed by atoms with Gasteiger partial charge in [0.1, 0.15) is 0 Å². The highest BCUT2D eigenvalue weighted by atomic mass is 32.9. The van der Waals surface area contributed by atoms with Gasteiger partial charge in [0.15, 0.2) is 0 Å². The summed E-state index contributed by atoms with van der Waals surface area (Å²) in [4.78, 5) is 0. The van der Waals surface area contributed by atoms with E-state index in [4.69, 9.17) is 24.1 Å². The molecule has 0 N–H and O–H groups in total. The molecule has 2 unspecified atom stereocenters. The van der Waals surface area contributed by atoms with E-state index in [1.807, 2.05) is 0 Å². The lowest BCUT2D eigenvalue weighted by atomic mass is 9.91. The molecule has 3 heteroatoms. The van der Waals surface area contributed by atoms with Crippen molar-refractivity contribution in [2.24, 2.45) is 11.8 Å². The van der Waals surface area contributed by atoms with Crippen LogP contribution in [0.5, 0.6) is 0 Å². The van der Waals surface area contributed by atoms with E-state index in [2.05, 4.69) is 55.4 Å². The summed E-state index contributed by atoms with van der Waals surface area (Å²) in [6.45, 7) is 18.7. The van der Waals surface area contributed by atoms with Crippen LogP contribution < -0.4 is 0 Å². The average molecular weight is 323 g/mol. The Balaban J connectivity index is 5.39. The average Bonchev–Trinajstić information content (AvgIpc) is 2.28. The molecule has 0 fully saturated rings. The lowest BCUT2D eigenvalue weighted by Gasteiger charge is -2.51. The third-order valence-corrected chi connectivity index (χ3v) is 15.3. The molecule has 116 valence electrons. The second kappa shape index (κ2) is 7.32. The van der Waals surface area contributed by atoms with Crippen LogP contribution in [0, 0.1) is 11.8 Å². The molecule has 0 aromatic rings. The first-order valence-electron chi connectivity index (χ1n) is 7.79. The van der Waals surface area contributed by atoms with Gasteiger partial charge in [-0.2, -0.15) is 0 Å². The van der Waals surface area contributed by atoms with Gasteiger partial charge in [-0.15, -0.1) is 12.2 Å². The Bertz CT molecular complexity index is 293. The zero-order valence-electron chi connectivity index (χ0n) is 14.3. The predicted molar refractivity (Wildman–Crippen MR) is 99.6 cm³/mol. The molecule has 19 heavy (non-hydrogen) atoms. The SMILES string of the molecule is CCCC(C)C(C)(C)P(=S)(S)C(C)(C)C(C)CCC. The monoisotopic (exact) mass is 322 g/mol. The van der Waals surface area contributed by atoms with Crippen molar-refractivity contribution in [2.75, 3.05) is 0 Å². The normalized spacial score (nSPS) is 19.8. The first kappa shape index (κ1) is 20.0. The molecule has 0 aliphatic rings. The Morgan fingerprint density at radius 1 is 0.895 bits per heavy atom. The van der Waals surface area contributed by atoms with Crippen molar-refractivity contribution in [2.45, 2.75) is 91.4 Å². The highest BCUT2D eigenvalue weighted by Gasteiger charge is 2.48. The maximum Gasteiger partial charge on any atom is 0.0146 e. The zero-order valence-corrected chi connectivity index (χ0v) is 16.9. The van der Waals surface area contributed by atoms with Gasteiger partial charge in [-0.3, -0.25) is 0 Å². The molecule has 0 aromatic carbocycles. The van der Waals surface area contributed by atoms with Crippen molar-refractivity contribution < 1.29 is 0 Å². The molecule has 0 saturated carbocycles. The summed E-state index contributed by atoms with van der Waals surface area (Å²) in [5.74, 6) is 1.29. The number of rotatable bonds is 8. The van der Waals surface area contributed by atoms with E-state index >= 15 is 0 Å². The van der Waals surface area contributed by atoms with Crippen molar-refractivity contribution >= 4 is 29.3 Å². The van der Waals surface area contributed by atoms with Crippen molar-refractivity contribution in [1.82, 2.24) is 0 Å². The molecule has 0 spiro atoms. The summed E-state index contributed by atoms with van der Waals surface area (Å²) in [6.07, 6.45) is 4.98. The Morgan fingerprint density at radius 2 is 1.16 bits per heavy atom. The van der Waals surface area contributed by atoms with Gasteiger partial charge in [-0.1, -0.05) is 92.9 Å². The fraction of sp³-hybridized carbons (Fsp3) is 1.00.